The highest BCUT2D eigenvalue weighted by Gasteiger charge is 2.19. The molecule has 6 aromatic rings. The molecule has 3 aromatic carbocycles. The van der Waals surface area contributed by atoms with E-state index < -0.39 is 11.3 Å². The molecule has 0 fully saturated rings. The molecule has 10 nitrogen and oxygen atoms in total. The lowest BCUT2D eigenvalue weighted by Crippen LogP contribution is -2.22. The second-order valence-corrected chi connectivity index (χ2v) is 9.95. The largest absolute Gasteiger partial charge is 0.294 e. The topological polar surface area (TPSA) is 128 Å². The molecule has 198 valence electrons. The van der Waals surface area contributed by atoms with Gasteiger partial charge in [0.05, 0.1) is 5.69 Å². The molecule has 6 rings (SSSR count). The maximum Gasteiger partial charge on any atom is 0.286 e. The summed E-state index contributed by atoms with van der Waals surface area (Å²) in [7, 11) is 0. The number of benzene rings is 3. The van der Waals surface area contributed by atoms with Crippen LogP contribution in [0.4, 0.5) is 0 Å². The van der Waals surface area contributed by atoms with E-state index in [-0.39, 0.29) is 17.6 Å². The fraction of sp³-hybridized carbons (Fsp3) is 0.0357. The molecule has 0 radical (unpaired) electrons. The number of imidazole rings is 1. The Kier molecular flexibility index (Phi) is 7.01. The maximum absolute atomic E-state index is 13.9. The first kappa shape index (κ1) is 25.7. The molecule has 3 aromatic heterocycles. The molecule has 0 saturated carbocycles. The Morgan fingerprint density at radius 3 is 2.33 bits per heavy atom. The highest BCUT2D eigenvalue weighted by Crippen LogP contribution is 2.26. The average molecular weight is 570 g/mol. The Labute approximate surface area is 235 Å². The van der Waals surface area contributed by atoms with Crippen molar-refractivity contribution < 1.29 is 8.76 Å². The van der Waals surface area contributed by atoms with Gasteiger partial charge in [-0.05, 0) is 48.0 Å². The van der Waals surface area contributed by atoms with Gasteiger partial charge in [-0.25, -0.2) is 28.9 Å². The number of aromatic nitrogens is 6. The predicted molar refractivity (Wildman–Crippen MR) is 154 cm³/mol. The molecule has 0 amide bonds. The first-order valence-corrected chi connectivity index (χ1v) is 13.5. The lowest BCUT2D eigenvalue weighted by molar-refractivity contribution is 0.548. The zero-order valence-electron chi connectivity index (χ0n) is 20.7. The number of nitrogens with one attached hydrogen (secondary N) is 1. The minimum absolute atomic E-state index is 0.184. The maximum atomic E-state index is 13.9. The quantitative estimate of drug-likeness (QED) is 0.269. The Morgan fingerprint density at radius 1 is 0.875 bits per heavy atom. The average Bonchev–Trinajstić information content (AvgIpc) is 3.42. The standard InChI is InChI=1S/C28H20ClN7O3S/c29-21-9-11-22(12-10-21)36-26(20-7-5-19(6-8-20)25-30-13-2-14-31-25)34-27-24(28(36)37)32-17-35(27)23-4-1-3-18(15-23)16-33-40(38)39/h1-15,17,33H,16H2,(H,38,39). The van der Waals surface area contributed by atoms with Gasteiger partial charge < -0.3 is 0 Å². The number of fused-ring (bicyclic) bond motifs is 1. The van der Waals surface area contributed by atoms with Crippen molar-refractivity contribution in [3.05, 3.63) is 119 Å². The van der Waals surface area contributed by atoms with Crippen molar-refractivity contribution >= 4 is 34.0 Å². The molecule has 0 aliphatic heterocycles. The van der Waals surface area contributed by atoms with E-state index >= 15 is 0 Å². The van der Waals surface area contributed by atoms with Gasteiger partial charge in [0.2, 0.25) is 11.3 Å². The van der Waals surface area contributed by atoms with Crippen LogP contribution in [0.3, 0.4) is 0 Å². The summed E-state index contributed by atoms with van der Waals surface area (Å²) in [6.45, 7) is 0.184. The molecule has 1 unspecified atom stereocenters. The fourth-order valence-electron chi connectivity index (χ4n) is 4.34. The molecule has 3 heterocycles. The first-order valence-electron chi connectivity index (χ1n) is 12.1. The summed E-state index contributed by atoms with van der Waals surface area (Å²) in [6, 6.07) is 23.5. The zero-order valence-corrected chi connectivity index (χ0v) is 22.3. The Morgan fingerprint density at radius 2 is 1.60 bits per heavy atom. The number of halogens is 1. The van der Waals surface area contributed by atoms with E-state index in [0.717, 1.165) is 11.1 Å². The number of rotatable bonds is 7. The molecule has 12 heteroatoms. The van der Waals surface area contributed by atoms with Crippen LogP contribution in [0.25, 0.3) is 45.3 Å². The van der Waals surface area contributed by atoms with Crippen molar-refractivity contribution in [2.24, 2.45) is 0 Å². The fourth-order valence-corrected chi connectivity index (χ4v) is 4.76. The van der Waals surface area contributed by atoms with Crippen LogP contribution in [0.15, 0.2) is 102 Å². The highest BCUT2D eigenvalue weighted by atomic mass is 35.5. The van der Waals surface area contributed by atoms with E-state index in [9.17, 15) is 9.00 Å². The van der Waals surface area contributed by atoms with Crippen molar-refractivity contribution in [3.8, 4) is 34.2 Å². The van der Waals surface area contributed by atoms with Crippen LogP contribution < -0.4 is 10.3 Å². The third-order valence-electron chi connectivity index (χ3n) is 6.21. The number of nitrogens with zero attached hydrogens (tertiary/aromatic N) is 6. The van der Waals surface area contributed by atoms with Crippen LogP contribution in [0.2, 0.25) is 5.02 Å². The molecule has 0 spiro atoms. The molecule has 1 atom stereocenters. The molecule has 0 bridgehead atoms. The van der Waals surface area contributed by atoms with E-state index in [1.165, 1.54) is 4.57 Å². The van der Waals surface area contributed by atoms with Crippen LogP contribution >= 0.6 is 11.6 Å². The van der Waals surface area contributed by atoms with Crippen molar-refractivity contribution in [2.75, 3.05) is 0 Å². The molecular formula is C28H20ClN7O3S. The van der Waals surface area contributed by atoms with Crippen molar-refractivity contribution in [3.63, 3.8) is 0 Å². The minimum atomic E-state index is -2.14. The number of hydrogen-bond acceptors (Lipinski definition) is 6. The monoisotopic (exact) mass is 569 g/mol. The van der Waals surface area contributed by atoms with E-state index in [0.29, 0.717) is 39.3 Å². The van der Waals surface area contributed by atoms with Gasteiger partial charge in [-0.2, -0.15) is 0 Å². The third-order valence-corrected chi connectivity index (χ3v) is 6.86. The van der Waals surface area contributed by atoms with Gasteiger partial charge >= 0.3 is 0 Å². The van der Waals surface area contributed by atoms with Crippen molar-refractivity contribution in [1.29, 1.82) is 0 Å². The SMILES string of the molecule is O=c1c2ncn(-c3cccc(CNS(=O)O)c3)c2nc(-c2ccc(-c3ncccn3)cc2)n1-c1ccc(Cl)cc1. The van der Waals surface area contributed by atoms with E-state index in [1.807, 2.05) is 48.5 Å². The first-order chi connectivity index (χ1) is 19.5. The van der Waals surface area contributed by atoms with Crippen molar-refractivity contribution in [1.82, 2.24) is 33.8 Å². The molecule has 2 N–H and O–H groups in total. The van der Waals surface area contributed by atoms with E-state index in [2.05, 4.69) is 19.7 Å². The van der Waals surface area contributed by atoms with Gasteiger partial charge in [-0.1, -0.05) is 48.0 Å². The van der Waals surface area contributed by atoms with Crippen LogP contribution in [0.1, 0.15) is 5.56 Å². The molecule has 40 heavy (non-hydrogen) atoms. The summed E-state index contributed by atoms with van der Waals surface area (Å²) >= 11 is 3.99. The van der Waals surface area contributed by atoms with Gasteiger partial charge in [-0.3, -0.25) is 18.5 Å². The summed E-state index contributed by atoms with van der Waals surface area (Å²) in [5.74, 6) is 1.00. The normalized spacial score (nSPS) is 12.1. The van der Waals surface area contributed by atoms with Crippen LogP contribution in [-0.2, 0) is 17.8 Å². The third kappa shape index (κ3) is 5.06. The summed E-state index contributed by atoms with van der Waals surface area (Å²) in [5, 5.41) is 0.545. The lowest BCUT2D eigenvalue weighted by Gasteiger charge is -2.14. The second-order valence-electron chi connectivity index (χ2n) is 8.73. The second kappa shape index (κ2) is 10.9. The zero-order chi connectivity index (χ0) is 27.6. The van der Waals surface area contributed by atoms with Crippen LogP contribution in [0, 0.1) is 0 Å². The summed E-state index contributed by atoms with van der Waals surface area (Å²) < 4.78 is 25.9. The molecule has 0 aliphatic rings. The van der Waals surface area contributed by atoms with Gasteiger partial charge in [0.1, 0.15) is 12.2 Å². The van der Waals surface area contributed by atoms with Crippen LogP contribution in [-0.4, -0.2) is 37.8 Å². The van der Waals surface area contributed by atoms with Gasteiger partial charge in [0.15, 0.2) is 17.0 Å². The van der Waals surface area contributed by atoms with Gasteiger partial charge in [0, 0.05) is 40.8 Å². The smallest absolute Gasteiger partial charge is 0.286 e. The molecule has 0 aliphatic carbocycles. The van der Waals surface area contributed by atoms with Gasteiger partial charge in [-0.15, -0.1) is 0 Å². The van der Waals surface area contributed by atoms with Crippen LogP contribution in [0.5, 0.6) is 0 Å². The highest BCUT2D eigenvalue weighted by molar-refractivity contribution is 7.77. The molecular weight excluding hydrogens is 550 g/mol. The van der Waals surface area contributed by atoms with E-state index in [4.69, 9.17) is 21.1 Å². The Bertz CT molecular complexity index is 1910. The van der Waals surface area contributed by atoms with E-state index in [1.54, 1.807) is 53.6 Å². The predicted octanol–water partition coefficient (Wildman–Crippen LogP) is 4.58. The Hall–Kier alpha value is -4.55. The summed E-state index contributed by atoms with van der Waals surface area (Å²) in [5.41, 5.74) is 3.80. The van der Waals surface area contributed by atoms with Gasteiger partial charge in [0.25, 0.3) is 5.56 Å². The Balaban J connectivity index is 1.53. The molecule has 0 saturated heterocycles. The summed E-state index contributed by atoms with van der Waals surface area (Å²) in [4.78, 5) is 31.9. The lowest BCUT2D eigenvalue weighted by atomic mass is 10.1. The summed E-state index contributed by atoms with van der Waals surface area (Å²) in [6.07, 6.45) is 4.90. The minimum Gasteiger partial charge on any atom is -0.294 e. The van der Waals surface area contributed by atoms with Crippen molar-refractivity contribution in [2.45, 2.75) is 6.54 Å². The number of hydrogen-bond donors (Lipinski definition) is 2.